The molecule has 0 bridgehead atoms. The maximum atomic E-state index is 5.79. The van der Waals surface area contributed by atoms with Gasteiger partial charge in [0.05, 0.1) is 0 Å². The van der Waals surface area contributed by atoms with E-state index in [1.807, 2.05) is 6.07 Å². The van der Waals surface area contributed by atoms with Crippen LogP contribution in [0.25, 0.3) is 0 Å². The highest BCUT2D eigenvalue weighted by Gasteiger charge is 2.14. The Morgan fingerprint density at radius 2 is 1.90 bits per heavy atom. The van der Waals surface area contributed by atoms with Crippen molar-refractivity contribution in [2.45, 2.75) is 13.5 Å². The van der Waals surface area contributed by atoms with Crippen LogP contribution in [0.15, 0.2) is 48.5 Å². The minimum absolute atomic E-state index is 0.765. The number of hydrogen-bond donors (Lipinski definition) is 1. The molecular formula is C18H22N2O. The van der Waals surface area contributed by atoms with E-state index in [0.717, 1.165) is 38.5 Å². The Kier molecular flexibility index (Phi) is 4.41. The molecule has 0 saturated heterocycles. The quantitative estimate of drug-likeness (QED) is 0.931. The lowest BCUT2D eigenvalue weighted by Gasteiger charge is -2.19. The summed E-state index contributed by atoms with van der Waals surface area (Å²) in [5.41, 5.74) is 3.76. The lowest BCUT2D eigenvalue weighted by molar-refractivity contribution is 0.232. The van der Waals surface area contributed by atoms with Gasteiger partial charge in [0, 0.05) is 37.4 Å². The predicted molar refractivity (Wildman–Crippen MR) is 86.9 cm³/mol. The van der Waals surface area contributed by atoms with Crippen molar-refractivity contribution in [1.29, 1.82) is 0 Å². The summed E-state index contributed by atoms with van der Waals surface area (Å²) >= 11 is 0. The standard InChI is InChI=1S/C18H22N2O/c1-15-6-8-17(9-7-15)19-10-11-20-12-13-21-18-5-3-2-4-16(18)14-20/h2-9,19H,10-14H2,1H3. The van der Waals surface area contributed by atoms with Crippen molar-refractivity contribution in [2.24, 2.45) is 0 Å². The van der Waals surface area contributed by atoms with E-state index in [4.69, 9.17) is 4.74 Å². The molecule has 3 nitrogen and oxygen atoms in total. The zero-order chi connectivity index (χ0) is 14.5. The molecule has 2 aromatic carbocycles. The normalized spacial score (nSPS) is 14.9. The number of aryl methyl sites for hydroxylation is 1. The summed E-state index contributed by atoms with van der Waals surface area (Å²) in [6, 6.07) is 16.9. The molecule has 0 aromatic heterocycles. The van der Waals surface area contributed by atoms with Crippen LogP contribution in [0.3, 0.4) is 0 Å². The van der Waals surface area contributed by atoms with E-state index in [9.17, 15) is 0 Å². The van der Waals surface area contributed by atoms with Crippen molar-refractivity contribution in [3.63, 3.8) is 0 Å². The molecule has 0 unspecified atom stereocenters. The fraction of sp³-hybridized carbons (Fsp3) is 0.333. The van der Waals surface area contributed by atoms with Gasteiger partial charge >= 0.3 is 0 Å². The topological polar surface area (TPSA) is 24.5 Å². The second-order valence-electron chi connectivity index (χ2n) is 5.53. The van der Waals surface area contributed by atoms with Crippen LogP contribution in [-0.2, 0) is 6.54 Å². The number of nitrogens with zero attached hydrogens (tertiary/aromatic N) is 1. The lowest BCUT2D eigenvalue weighted by atomic mass is 10.2. The fourth-order valence-corrected chi connectivity index (χ4v) is 2.60. The number of ether oxygens (including phenoxy) is 1. The fourth-order valence-electron chi connectivity index (χ4n) is 2.60. The Balaban J connectivity index is 1.53. The van der Waals surface area contributed by atoms with Gasteiger partial charge in [-0.1, -0.05) is 35.9 Å². The molecule has 1 N–H and O–H groups in total. The minimum Gasteiger partial charge on any atom is -0.492 e. The highest BCUT2D eigenvalue weighted by atomic mass is 16.5. The van der Waals surface area contributed by atoms with Gasteiger partial charge in [-0.05, 0) is 25.1 Å². The summed E-state index contributed by atoms with van der Waals surface area (Å²) in [4.78, 5) is 2.44. The van der Waals surface area contributed by atoms with E-state index in [1.54, 1.807) is 0 Å². The van der Waals surface area contributed by atoms with E-state index >= 15 is 0 Å². The largest absolute Gasteiger partial charge is 0.492 e. The Morgan fingerprint density at radius 3 is 2.76 bits per heavy atom. The number of nitrogens with one attached hydrogen (secondary N) is 1. The lowest BCUT2D eigenvalue weighted by Crippen LogP contribution is -2.30. The zero-order valence-electron chi connectivity index (χ0n) is 12.5. The van der Waals surface area contributed by atoms with Crippen molar-refractivity contribution in [3.05, 3.63) is 59.7 Å². The van der Waals surface area contributed by atoms with Gasteiger partial charge in [0.1, 0.15) is 12.4 Å². The van der Waals surface area contributed by atoms with Crippen LogP contribution in [0.4, 0.5) is 5.69 Å². The first-order chi connectivity index (χ1) is 10.3. The molecule has 110 valence electrons. The van der Waals surface area contributed by atoms with Crippen LogP contribution in [0.5, 0.6) is 5.75 Å². The van der Waals surface area contributed by atoms with E-state index in [0.29, 0.717) is 0 Å². The summed E-state index contributed by atoms with van der Waals surface area (Å²) in [6.45, 7) is 6.78. The average Bonchev–Trinajstić information content (AvgIpc) is 2.71. The predicted octanol–water partition coefficient (Wildman–Crippen LogP) is 3.30. The van der Waals surface area contributed by atoms with Gasteiger partial charge in [0.2, 0.25) is 0 Å². The molecule has 0 radical (unpaired) electrons. The van der Waals surface area contributed by atoms with Crippen molar-refractivity contribution in [3.8, 4) is 5.75 Å². The number of para-hydroxylation sites is 1. The second-order valence-corrected chi connectivity index (χ2v) is 5.53. The maximum absolute atomic E-state index is 5.79. The zero-order valence-corrected chi connectivity index (χ0v) is 12.5. The molecule has 0 saturated carbocycles. The van der Waals surface area contributed by atoms with Crippen molar-refractivity contribution < 1.29 is 4.74 Å². The Morgan fingerprint density at radius 1 is 1.10 bits per heavy atom. The molecule has 0 spiro atoms. The third kappa shape index (κ3) is 3.76. The van der Waals surface area contributed by atoms with Crippen molar-refractivity contribution in [1.82, 2.24) is 4.90 Å². The summed E-state index contributed by atoms with van der Waals surface area (Å²) in [5.74, 6) is 1.03. The van der Waals surface area contributed by atoms with Gasteiger partial charge in [0.25, 0.3) is 0 Å². The van der Waals surface area contributed by atoms with Gasteiger partial charge in [-0.25, -0.2) is 0 Å². The molecule has 0 atom stereocenters. The van der Waals surface area contributed by atoms with Gasteiger partial charge in [-0.15, -0.1) is 0 Å². The molecule has 1 aliphatic heterocycles. The highest BCUT2D eigenvalue weighted by molar-refractivity contribution is 5.44. The molecule has 0 fully saturated rings. The number of fused-ring (bicyclic) bond motifs is 1. The summed E-state index contributed by atoms with van der Waals surface area (Å²) in [7, 11) is 0. The summed E-state index contributed by atoms with van der Waals surface area (Å²) in [6.07, 6.45) is 0. The molecule has 1 aliphatic rings. The molecule has 0 amide bonds. The molecule has 21 heavy (non-hydrogen) atoms. The molecule has 1 heterocycles. The molecular weight excluding hydrogens is 260 g/mol. The Hall–Kier alpha value is -2.00. The maximum Gasteiger partial charge on any atom is 0.123 e. The monoisotopic (exact) mass is 282 g/mol. The van der Waals surface area contributed by atoms with E-state index < -0.39 is 0 Å². The number of rotatable bonds is 4. The van der Waals surface area contributed by atoms with Crippen molar-refractivity contribution in [2.75, 3.05) is 31.6 Å². The minimum atomic E-state index is 0.765. The van der Waals surface area contributed by atoms with E-state index in [2.05, 4.69) is 59.6 Å². The first-order valence-electron chi connectivity index (χ1n) is 7.55. The molecule has 3 rings (SSSR count). The average molecular weight is 282 g/mol. The van der Waals surface area contributed by atoms with Crippen LogP contribution in [-0.4, -0.2) is 31.1 Å². The van der Waals surface area contributed by atoms with Gasteiger partial charge < -0.3 is 10.1 Å². The Labute approximate surface area is 126 Å². The van der Waals surface area contributed by atoms with E-state index in [-0.39, 0.29) is 0 Å². The number of hydrogen-bond acceptors (Lipinski definition) is 3. The van der Waals surface area contributed by atoms with Crippen LogP contribution >= 0.6 is 0 Å². The number of benzene rings is 2. The van der Waals surface area contributed by atoms with Crippen molar-refractivity contribution >= 4 is 5.69 Å². The van der Waals surface area contributed by atoms with Gasteiger partial charge in [-0.3, -0.25) is 4.90 Å². The highest BCUT2D eigenvalue weighted by Crippen LogP contribution is 2.22. The van der Waals surface area contributed by atoms with Crippen LogP contribution in [0.1, 0.15) is 11.1 Å². The van der Waals surface area contributed by atoms with Crippen LogP contribution in [0.2, 0.25) is 0 Å². The first-order valence-corrected chi connectivity index (χ1v) is 7.55. The Bertz CT molecular complexity index is 580. The summed E-state index contributed by atoms with van der Waals surface area (Å²) < 4.78 is 5.79. The third-order valence-electron chi connectivity index (χ3n) is 3.84. The first kappa shape index (κ1) is 14.0. The second kappa shape index (κ2) is 6.64. The molecule has 3 heteroatoms. The van der Waals surface area contributed by atoms with Crippen LogP contribution < -0.4 is 10.1 Å². The van der Waals surface area contributed by atoms with Crippen LogP contribution in [0, 0.1) is 6.92 Å². The van der Waals surface area contributed by atoms with E-state index in [1.165, 1.54) is 16.8 Å². The molecule has 2 aromatic rings. The SMILES string of the molecule is Cc1ccc(NCCN2CCOc3ccccc3C2)cc1. The van der Waals surface area contributed by atoms with Gasteiger partial charge in [-0.2, -0.15) is 0 Å². The number of anilines is 1. The molecule has 0 aliphatic carbocycles. The third-order valence-corrected chi connectivity index (χ3v) is 3.84. The van der Waals surface area contributed by atoms with Gasteiger partial charge in [0.15, 0.2) is 0 Å². The summed E-state index contributed by atoms with van der Waals surface area (Å²) in [5, 5.41) is 3.48. The smallest absolute Gasteiger partial charge is 0.123 e.